The Morgan fingerprint density at radius 2 is 2.00 bits per heavy atom. The summed E-state index contributed by atoms with van der Waals surface area (Å²) in [5.74, 6) is 1.65. The molecule has 2 aromatic rings. The Morgan fingerprint density at radius 1 is 1.20 bits per heavy atom. The van der Waals surface area contributed by atoms with Gasteiger partial charge < -0.3 is 15.1 Å². The lowest BCUT2D eigenvalue weighted by molar-refractivity contribution is 0.271. The van der Waals surface area contributed by atoms with E-state index in [2.05, 4.69) is 42.2 Å². The minimum absolute atomic E-state index is 0.664. The van der Waals surface area contributed by atoms with E-state index < -0.39 is 0 Å². The molecule has 1 aliphatic rings. The number of hydrogen-bond acceptors (Lipinski definition) is 6. The molecular weight excluding hydrogens is 254 g/mol. The Hall–Kier alpha value is -1.89. The number of H-pyrrole nitrogens is 1. The molecular formula is C13H21N7. The van der Waals surface area contributed by atoms with Gasteiger partial charge >= 0.3 is 0 Å². The van der Waals surface area contributed by atoms with Crippen molar-refractivity contribution in [1.29, 1.82) is 0 Å². The maximum atomic E-state index is 4.66. The van der Waals surface area contributed by atoms with Crippen molar-refractivity contribution in [1.82, 2.24) is 25.1 Å². The molecule has 2 aromatic heterocycles. The third kappa shape index (κ3) is 2.40. The third-order valence-corrected chi connectivity index (χ3v) is 3.74. The number of aromatic nitrogens is 4. The van der Waals surface area contributed by atoms with E-state index >= 15 is 0 Å². The highest BCUT2D eigenvalue weighted by Crippen LogP contribution is 2.24. The molecule has 0 unspecified atom stereocenters. The van der Waals surface area contributed by atoms with Crippen LogP contribution in [-0.2, 0) is 0 Å². The van der Waals surface area contributed by atoms with Gasteiger partial charge in [0.1, 0.15) is 5.82 Å². The van der Waals surface area contributed by atoms with E-state index in [1.807, 2.05) is 13.1 Å². The Morgan fingerprint density at radius 3 is 2.70 bits per heavy atom. The van der Waals surface area contributed by atoms with Crippen LogP contribution in [-0.4, -0.2) is 64.3 Å². The minimum atomic E-state index is 0.664. The predicted octanol–water partition coefficient (Wildman–Crippen LogP) is 0.927. The van der Waals surface area contributed by atoms with Crippen LogP contribution in [0.2, 0.25) is 0 Å². The van der Waals surface area contributed by atoms with Crippen LogP contribution < -0.4 is 10.2 Å². The van der Waals surface area contributed by atoms with Gasteiger partial charge in [0.15, 0.2) is 5.65 Å². The van der Waals surface area contributed by atoms with Crippen LogP contribution in [0.1, 0.15) is 13.8 Å². The fraction of sp³-hybridized carbons (Fsp3) is 0.615. The Bertz CT molecular complexity index is 571. The molecule has 1 aliphatic heterocycles. The highest BCUT2D eigenvalue weighted by molar-refractivity contribution is 5.87. The van der Waals surface area contributed by atoms with Crippen molar-refractivity contribution in [3.05, 3.63) is 6.20 Å². The minimum Gasteiger partial charge on any atom is -0.354 e. The van der Waals surface area contributed by atoms with E-state index in [0.29, 0.717) is 5.95 Å². The van der Waals surface area contributed by atoms with Gasteiger partial charge in [-0.2, -0.15) is 15.1 Å². The maximum Gasteiger partial charge on any atom is 0.226 e. The summed E-state index contributed by atoms with van der Waals surface area (Å²) in [6.45, 7) is 10.3. The van der Waals surface area contributed by atoms with Crippen molar-refractivity contribution in [3.63, 3.8) is 0 Å². The van der Waals surface area contributed by atoms with Crippen LogP contribution >= 0.6 is 0 Å². The summed E-state index contributed by atoms with van der Waals surface area (Å²) in [5.41, 5.74) is 0.795. The molecule has 20 heavy (non-hydrogen) atoms. The zero-order valence-electron chi connectivity index (χ0n) is 12.1. The monoisotopic (exact) mass is 275 g/mol. The van der Waals surface area contributed by atoms with Gasteiger partial charge in [0.05, 0.1) is 11.6 Å². The first-order valence-electron chi connectivity index (χ1n) is 7.24. The van der Waals surface area contributed by atoms with Crippen molar-refractivity contribution in [3.8, 4) is 0 Å². The zero-order valence-corrected chi connectivity index (χ0v) is 12.1. The molecule has 1 saturated heterocycles. The topological polar surface area (TPSA) is 73.0 Å². The zero-order chi connectivity index (χ0) is 13.9. The van der Waals surface area contributed by atoms with Gasteiger partial charge in [-0.1, -0.05) is 6.92 Å². The quantitative estimate of drug-likeness (QED) is 0.864. The second-order valence-electron chi connectivity index (χ2n) is 4.95. The molecule has 0 aliphatic carbocycles. The molecule has 2 N–H and O–H groups in total. The summed E-state index contributed by atoms with van der Waals surface area (Å²) in [5, 5.41) is 11.2. The second-order valence-corrected chi connectivity index (χ2v) is 4.95. The summed E-state index contributed by atoms with van der Waals surface area (Å²) < 4.78 is 0. The Kier molecular flexibility index (Phi) is 3.68. The van der Waals surface area contributed by atoms with Gasteiger partial charge in [-0.25, -0.2) is 0 Å². The van der Waals surface area contributed by atoms with Crippen LogP contribution in [0.25, 0.3) is 11.0 Å². The number of fused-ring (bicyclic) bond motifs is 1. The van der Waals surface area contributed by atoms with E-state index in [1.54, 1.807) is 0 Å². The molecule has 0 saturated carbocycles. The highest BCUT2D eigenvalue weighted by atomic mass is 15.3. The molecule has 0 amide bonds. The molecule has 0 spiro atoms. The van der Waals surface area contributed by atoms with Crippen molar-refractivity contribution >= 4 is 22.8 Å². The smallest absolute Gasteiger partial charge is 0.226 e. The van der Waals surface area contributed by atoms with Gasteiger partial charge in [-0.3, -0.25) is 5.10 Å². The van der Waals surface area contributed by atoms with Crippen molar-refractivity contribution < 1.29 is 0 Å². The fourth-order valence-electron chi connectivity index (χ4n) is 2.57. The number of nitrogens with one attached hydrogen (secondary N) is 2. The SMILES string of the molecule is CCNc1nc(N2CCN(CC)CC2)c2cn[nH]c2n1. The van der Waals surface area contributed by atoms with Crippen LogP contribution in [0.3, 0.4) is 0 Å². The molecule has 7 heteroatoms. The highest BCUT2D eigenvalue weighted by Gasteiger charge is 2.20. The molecule has 0 radical (unpaired) electrons. The molecule has 3 heterocycles. The first-order chi connectivity index (χ1) is 9.81. The lowest BCUT2D eigenvalue weighted by Crippen LogP contribution is -2.46. The van der Waals surface area contributed by atoms with E-state index in [1.165, 1.54) is 0 Å². The number of piperazine rings is 1. The van der Waals surface area contributed by atoms with E-state index in [0.717, 1.165) is 56.1 Å². The molecule has 7 nitrogen and oxygen atoms in total. The molecule has 0 bridgehead atoms. The van der Waals surface area contributed by atoms with E-state index in [4.69, 9.17) is 0 Å². The van der Waals surface area contributed by atoms with Gasteiger partial charge in [0, 0.05) is 32.7 Å². The van der Waals surface area contributed by atoms with Crippen LogP contribution in [0, 0.1) is 0 Å². The van der Waals surface area contributed by atoms with Crippen LogP contribution in [0.4, 0.5) is 11.8 Å². The Balaban J connectivity index is 1.91. The average molecular weight is 275 g/mol. The fourth-order valence-corrected chi connectivity index (χ4v) is 2.57. The summed E-state index contributed by atoms with van der Waals surface area (Å²) in [7, 11) is 0. The van der Waals surface area contributed by atoms with Crippen molar-refractivity contribution in [2.24, 2.45) is 0 Å². The van der Waals surface area contributed by atoms with E-state index in [9.17, 15) is 0 Å². The van der Waals surface area contributed by atoms with Crippen molar-refractivity contribution in [2.75, 3.05) is 49.5 Å². The molecule has 108 valence electrons. The number of hydrogen-bond donors (Lipinski definition) is 2. The summed E-state index contributed by atoms with van der Waals surface area (Å²) >= 11 is 0. The summed E-state index contributed by atoms with van der Waals surface area (Å²) in [6, 6.07) is 0. The third-order valence-electron chi connectivity index (χ3n) is 3.74. The number of aromatic amines is 1. The molecule has 0 aromatic carbocycles. The molecule has 0 atom stereocenters. The first-order valence-corrected chi connectivity index (χ1v) is 7.24. The predicted molar refractivity (Wildman–Crippen MR) is 80.2 cm³/mol. The summed E-state index contributed by atoms with van der Waals surface area (Å²) in [6.07, 6.45) is 1.81. The standard InChI is InChI=1S/C13H21N7/c1-3-14-13-16-11-10(9-15-18-11)12(17-13)20-7-5-19(4-2)6-8-20/h9H,3-8H2,1-2H3,(H2,14,15,16,17,18). The Labute approximate surface area is 118 Å². The summed E-state index contributed by atoms with van der Waals surface area (Å²) in [4.78, 5) is 13.9. The lowest BCUT2D eigenvalue weighted by Gasteiger charge is -2.35. The van der Waals surface area contributed by atoms with Crippen LogP contribution in [0.5, 0.6) is 0 Å². The number of anilines is 2. The van der Waals surface area contributed by atoms with Crippen molar-refractivity contribution in [2.45, 2.75) is 13.8 Å². The molecule has 1 fully saturated rings. The first kappa shape index (κ1) is 13.1. The van der Waals surface area contributed by atoms with Gasteiger partial charge in [-0.15, -0.1) is 0 Å². The maximum absolute atomic E-state index is 4.66. The van der Waals surface area contributed by atoms with E-state index in [-0.39, 0.29) is 0 Å². The second kappa shape index (κ2) is 5.62. The number of nitrogens with zero attached hydrogens (tertiary/aromatic N) is 5. The average Bonchev–Trinajstić information content (AvgIpc) is 2.95. The normalized spacial score (nSPS) is 16.8. The lowest BCUT2D eigenvalue weighted by atomic mass is 10.3. The largest absolute Gasteiger partial charge is 0.354 e. The number of likely N-dealkylation sites (N-methyl/N-ethyl adjacent to an activating group) is 1. The van der Waals surface area contributed by atoms with Gasteiger partial charge in [0.2, 0.25) is 5.95 Å². The van der Waals surface area contributed by atoms with Crippen LogP contribution in [0.15, 0.2) is 6.20 Å². The van der Waals surface area contributed by atoms with Gasteiger partial charge in [0.25, 0.3) is 0 Å². The van der Waals surface area contributed by atoms with Gasteiger partial charge in [-0.05, 0) is 13.5 Å². The number of rotatable bonds is 4. The molecule has 3 rings (SSSR count).